The van der Waals surface area contributed by atoms with E-state index in [1.165, 1.54) is 6.20 Å². The number of nitrogens with one attached hydrogen (secondary N) is 1. The van der Waals surface area contributed by atoms with Crippen LogP contribution in [-0.4, -0.2) is 28.2 Å². The zero-order valence-electron chi connectivity index (χ0n) is 17.5. The highest BCUT2D eigenvalue weighted by Gasteiger charge is 2.34. The van der Waals surface area contributed by atoms with Crippen LogP contribution in [0.3, 0.4) is 0 Å². The van der Waals surface area contributed by atoms with Crippen LogP contribution in [0.2, 0.25) is 0 Å². The van der Waals surface area contributed by atoms with E-state index in [-0.39, 0.29) is 23.3 Å². The van der Waals surface area contributed by atoms with Gasteiger partial charge in [0.15, 0.2) is 5.13 Å². The van der Waals surface area contributed by atoms with Crippen molar-refractivity contribution in [1.29, 1.82) is 0 Å². The Bertz CT molecular complexity index is 1270. The summed E-state index contributed by atoms with van der Waals surface area (Å²) in [5.74, 6) is -1.88. The van der Waals surface area contributed by atoms with Crippen LogP contribution in [0.4, 0.5) is 22.7 Å². The Labute approximate surface area is 195 Å². The molecule has 4 rings (SSSR count). The van der Waals surface area contributed by atoms with Crippen LogP contribution >= 0.6 is 11.3 Å². The largest absolute Gasteiger partial charge is 0.457 e. The number of hydrogen-bond donors (Lipinski definition) is 1. The lowest BCUT2D eigenvalue weighted by atomic mass is 9.99. The van der Waals surface area contributed by atoms with Crippen LogP contribution in [0, 0.1) is 5.82 Å². The first-order valence-corrected chi connectivity index (χ1v) is 10.8. The van der Waals surface area contributed by atoms with Gasteiger partial charge in [-0.2, -0.15) is 13.2 Å². The molecule has 2 aromatic carbocycles. The van der Waals surface area contributed by atoms with Gasteiger partial charge in [0.1, 0.15) is 22.2 Å². The predicted octanol–water partition coefficient (Wildman–Crippen LogP) is 5.42. The second-order valence-corrected chi connectivity index (χ2v) is 8.40. The molecule has 6 nitrogen and oxygen atoms in total. The molecular weight excluding hydrogens is 474 g/mol. The van der Waals surface area contributed by atoms with Crippen molar-refractivity contribution in [3.05, 3.63) is 82.6 Å². The van der Waals surface area contributed by atoms with Gasteiger partial charge in [-0.1, -0.05) is 24.0 Å². The van der Waals surface area contributed by atoms with Gasteiger partial charge in [0.05, 0.1) is 11.8 Å². The molecule has 0 aliphatic carbocycles. The zero-order chi connectivity index (χ0) is 24.5. The maximum Gasteiger partial charge on any atom is 0.419 e. The number of ether oxygens (including phenoxy) is 1. The van der Waals surface area contributed by atoms with Gasteiger partial charge in [-0.25, -0.2) is 9.37 Å². The van der Waals surface area contributed by atoms with E-state index >= 15 is 0 Å². The fourth-order valence-corrected chi connectivity index (χ4v) is 4.23. The molecule has 176 valence electrons. The molecule has 0 spiro atoms. The second-order valence-electron chi connectivity index (χ2n) is 7.37. The lowest BCUT2D eigenvalue weighted by Gasteiger charge is -2.28. The van der Waals surface area contributed by atoms with Gasteiger partial charge in [-0.05, 0) is 47.9 Å². The first-order valence-electron chi connectivity index (χ1n) is 9.99. The molecule has 2 amide bonds. The predicted molar refractivity (Wildman–Crippen MR) is 117 cm³/mol. The Kier molecular flexibility index (Phi) is 6.38. The maximum atomic E-state index is 13.8. The maximum absolute atomic E-state index is 13.8. The number of carbonyl (C=O) groups is 2. The highest BCUT2D eigenvalue weighted by atomic mass is 32.1. The number of benzene rings is 2. The van der Waals surface area contributed by atoms with E-state index in [9.17, 15) is 27.2 Å². The van der Waals surface area contributed by atoms with E-state index in [4.69, 9.17) is 4.74 Å². The van der Waals surface area contributed by atoms with E-state index in [1.807, 2.05) is 6.07 Å². The molecular formula is C23H17F4N3O3S. The molecule has 0 fully saturated rings. The molecule has 1 aliphatic rings. The highest BCUT2D eigenvalue weighted by Crippen LogP contribution is 2.34. The normalized spacial score (nSPS) is 13.2. The minimum atomic E-state index is -4.79. The Hall–Kier alpha value is -3.73. The van der Waals surface area contributed by atoms with E-state index < -0.39 is 23.5 Å². The van der Waals surface area contributed by atoms with E-state index in [0.717, 1.165) is 34.6 Å². The molecule has 2 heterocycles. The standard InChI is InChI=1S/C23H17F4N3O3S/c1-2-20(31)29-22-28-11-19(34-22)21(32)30-8-7-13-3-4-15(9-14(13)12-30)33-16-5-6-17(18(24)10-16)23(25,26)27/h2-6,9-11H,1,7-8,12H2,(H,28,29,31). The van der Waals surface area contributed by atoms with Crippen molar-refractivity contribution in [2.45, 2.75) is 19.1 Å². The minimum absolute atomic E-state index is 0.0760. The van der Waals surface area contributed by atoms with Gasteiger partial charge >= 0.3 is 6.18 Å². The first kappa shape index (κ1) is 23.4. The quantitative estimate of drug-likeness (QED) is 0.382. The van der Waals surface area contributed by atoms with Crippen LogP contribution in [0.25, 0.3) is 0 Å². The number of amides is 2. The third kappa shape index (κ3) is 5.09. The van der Waals surface area contributed by atoms with Crippen molar-refractivity contribution in [3.8, 4) is 11.5 Å². The van der Waals surface area contributed by atoms with E-state index in [2.05, 4.69) is 16.9 Å². The fourth-order valence-electron chi connectivity index (χ4n) is 3.44. The average Bonchev–Trinajstić information content (AvgIpc) is 3.25. The first-order chi connectivity index (χ1) is 16.1. The molecule has 0 radical (unpaired) electrons. The van der Waals surface area contributed by atoms with Gasteiger partial charge in [-0.15, -0.1) is 0 Å². The van der Waals surface area contributed by atoms with Crippen molar-refractivity contribution in [1.82, 2.24) is 9.88 Å². The number of fused-ring (bicyclic) bond motifs is 1. The van der Waals surface area contributed by atoms with E-state index in [1.54, 1.807) is 17.0 Å². The summed E-state index contributed by atoms with van der Waals surface area (Å²) in [4.78, 5) is 30.3. The van der Waals surface area contributed by atoms with Gasteiger partial charge in [0, 0.05) is 19.2 Å². The van der Waals surface area contributed by atoms with Crippen LogP contribution < -0.4 is 10.1 Å². The van der Waals surface area contributed by atoms with Crippen molar-refractivity contribution in [2.75, 3.05) is 11.9 Å². The van der Waals surface area contributed by atoms with Gasteiger partial charge in [0.2, 0.25) is 5.91 Å². The van der Waals surface area contributed by atoms with Crippen molar-refractivity contribution in [2.24, 2.45) is 0 Å². The number of aromatic nitrogens is 1. The van der Waals surface area contributed by atoms with Crippen molar-refractivity contribution >= 4 is 28.3 Å². The molecule has 0 saturated heterocycles. The Balaban J connectivity index is 1.47. The molecule has 1 N–H and O–H groups in total. The van der Waals surface area contributed by atoms with Crippen molar-refractivity contribution < 1.29 is 31.9 Å². The lowest BCUT2D eigenvalue weighted by Crippen LogP contribution is -2.35. The summed E-state index contributed by atoms with van der Waals surface area (Å²) in [6, 6.07) is 7.49. The van der Waals surface area contributed by atoms with Crippen molar-refractivity contribution in [3.63, 3.8) is 0 Å². The smallest absolute Gasteiger partial charge is 0.419 e. The molecule has 1 aliphatic heterocycles. The summed E-state index contributed by atoms with van der Waals surface area (Å²) in [5, 5.41) is 2.79. The van der Waals surface area contributed by atoms with Crippen LogP contribution in [-0.2, 0) is 23.9 Å². The molecule has 1 aromatic heterocycles. The molecule has 3 aromatic rings. The molecule has 0 bridgehead atoms. The third-order valence-corrected chi connectivity index (χ3v) is 5.99. The van der Waals surface area contributed by atoms with Crippen LogP contribution in [0.5, 0.6) is 11.5 Å². The van der Waals surface area contributed by atoms with Gasteiger partial charge in [0.25, 0.3) is 5.91 Å². The molecule has 34 heavy (non-hydrogen) atoms. The fraction of sp³-hybridized carbons (Fsp3) is 0.174. The Morgan fingerprint density at radius 1 is 1.15 bits per heavy atom. The highest BCUT2D eigenvalue weighted by molar-refractivity contribution is 7.17. The average molecular weight is 491 g/mol. The molecule has 0 atom stereocenters. The summed E-state index contributed by atoms with van der Waals surface area (Å²) >= 11 is 1.05. The SMILES string of the molecule is C=CC(=O)Nc1ncc(C(=O)N2CCc3ccc(Oc4ccc(C(F)(F)F)c(F)c4)cc3C2)s1. The number of rotatable bonds is 5. The number of thiazole rings is 1. The topological polar surface area (TPSA) is 71.5 Å². The summed E-state index contributed by atoms with van der Waals surface area (Å²) in [5.41, 5.74) is 0.433. The number of halogens is 4. The molecule has 0 saturated carbocycles. The monoisotopic (exact) mass is 491 g/mol. The summed E-state index contributed by atoms with van der Waals surface area (Å²) in [7, 11) is 0. The Morgan fingerprint density at radius 3 is 2.59 bits per heavy atom. The number of alkyl halides is 3. The second kappa shape index (κ2) is 9.26. The number of nitrogens with zero attached hydrogens (tertiary/aromatic N) is 2. The van der Waals surface area contributed by atoms with Crippen LogP contribution in [0.15, 0.2) is 55.3 Å². The Morgan fingerprint density at radius 2 is 1.88 bits per heavy atom. The third-order valence-electron chi connectivity index (χ3n) is 5.09. The number of hydrogen-bond acceptors (Lipinski definition) is 5. The van der Waals surface area contributed by atoms with E-state index in [0.29, 0.717) is 35.7 Å². The lowest BCUT2D eigenvalue weighted by molar-refractivity contribution is -0.140. The summed E-state index contributed by atoms with van der Waals surface area (Å²) in [6.07, 6.45) is -1.71. The number of anilines is 1. The zero-order valence-corrected chi connectivity index (χ0v) is 18.3. The summed E-state index contributed by atoms with van der Waals surface area (Å²) in [6.45, 7) is 4.11. The molecule has 0 unspecified atom stereocenters. The van der Waals surface area contributed by atoms with Gasteiger partial charge in [-0.3, -0.25) is 14.9 Å². The summed E-state index contributed by atoms with van der Waals surface area (Å²) < 4.78 is 57.7. The molecule has 11 heteroatoms. The van der Waals surface area contributed by atoms with Gasteiger partial charge < -0.3 is 9.64 Å². The number of carbonyl (C=O) groups excluding carboxylic acids is 2. The minimum Gasteiger partial charge on any atom is -0.457 e. The van der Waals surface area contributed by atoms with Crippen LogP contribution in [0.1, 0.15) is 26.4 Å².